The molecule has 1 aromatic rings. The molecule has 1 aromatic carbocycles. The zero-order valence-electron chi connectivity index (χ0n) is 11.0. The van der Waals surface area contributed by atoms with Gasteiger partial charge in [0.1, 0.15) is 10.7 Å². The molecular formula is C12H17FN2O4S. The first-order valence-electron chi connectivity index (χ1n) is 6.14. The Labute approximate surface area is 117 Å². The minimum absolute atomic E-state index is 0.00782. The number of halogens is 1. The second kappa shape index (κ2) is 5.65. The van der Waals surface area contributed by atoms with Crippen LogP contribution in [0, 0.1) is 12.7 Å². The zero-order valence-corrected chi connectivity index (χ0v) is 11.9. The Bertz CT molecular complexity index is 606. The molecule has 8 heteroatoms. The van der Waals surface area contributed by atoms with Crippen molar-refractivity contribution in [3.05, 3.63) is 23.5 Å². The number of nitrogen functional groups attached to an aromatic ring is 1. The molecule has 1 atom stereocenters. The van der Waals surface area contributed by atoms with Crippen LogP contribution in [-0.2, 0) is 14.8 Å². The molecule has 0 radical (unpaired) electrons. The summed E-state index contributed by atoms with van der Waals surface area (Å²) in [4.78, 5) is -0.436. The molecule has 3 N–H and O–H groups in total. The molecule has 1 aliphatic rings. The molecule has 1 unspecified atom stereocenters. The van der Waals surface area contributed by atoms with Crippen molar-refractivity contribution in [2.45, 2.75) is 17.9 Å². The van der Waals surface area contributed by atoms with Gasteiger partial charge in [0.15, 0.2) is 0 Å². The largest absolute Gasteiger partial charge is 0.399 e. The lowest BCUT2D eigenvalue weighted by Gasteiger charge is -2.31. The van der Waals surface area contributed by atoms with Gasteiger partial charge in [0.05, 0.1) is 19.3 Å². The topological polar surface area (TPSA) is 92.9 Å². The van der Waals surface area contributed by atoms with Crippen molar-refractivity contribution < 1.29 is 22.7 Å². The van der Waals surface area contributed by atoms with Gasteiger partial charge in [-0.3, -0.25) is 0 Å². The van der Waals surface area contributed by atoms with Crippen LogP contribution in [0.1, 0.15) is 5.56 Å². The van der Waals surface area contributed by atoms with Crippen molar-refractivity contribution in [3.63, 3.8) is 0 Å². The number of nitrogens with two attached hydrogens (primary N) is 1. The quantitative estimate of drug-likeness (QED) is 0.773. The predicted molar refractivity (Wildman–Crippen MR) is 71.1 cm³/mol. The number of morpholine rings is 1. The summed E-state index contributed by atoms with van der Waals surface area (Å²) < 4.78 is 45.3. The van der Waals surface area contributed by atoms with Gasteiger partial charge in [0.25, 0.3) is 0 Å². The van der Waals surface area contributed by atoms with E-state index in [1.54, 1.807) is 0 Å². The highest BCUT2D eigenvalue weighted by Gasteiger charge is 2.33. The van der Waals surface area contributed by atoms with Gasteiger partial charge in [0, 0.05) is 18.8 Å². The van der Waals surface area contributed by atoms with E-state index in [9.17, 15) is 12.8 Å². The van der Waals surface area contributed by atoms with E-state index in [0.29, 0.717) is 0 Å². The minimum Gasteiger partial charge on any atom is -0.399 e. The Balaban J connectivity index is 2.40. The van der Waals surface area contributed by atoms with Gasteiger partial charge in [-0.05, 0) is 24.6 Å². The molecule has 0 amide bonds. The summed E-state index contributed by atoms with van der Waals surface area (Å²) in [5.41, 5.74) is 5.96. The maximum Gasteiger partial charge on any atom is 0.246 e. The summed E-state index contributed by atoms with van der Waals surface area (Å²) in [6.07, 6.45) is -0.594. The molecule has 0 bridgehead atoms. The number of aliphatic hydroxyl groups is 1. The standard InChI is InChI=1S/C12H17FN2O4S/c1-8-4-9(14)5-11(12(8)13)20(17,18)15-2-3-19-10(6-15)7-16/h4-5,10,16H,2-3,6-7,14H2,1H3. The summed E-state index contributed by atoms with van der Waals surface area (Å²) in [6.45, 7) is 1.44. The third-order valence-corrected chi connectivity index (χ3v) is 5.03. The molecule has 2 rings (SSSR count). The zero-order chi connectivity index (χ0) is 14.9. The molecule has 0 spiro atoms. The molecule has 20 heavy (non-hydrogen) atoms. The Morgan fingerprint density at radius 1 is 1.55 bits per heavy atom. The van der Waals surface area contributed by atoms with E-state index >= 15 is 0 Å². The van der Waals surface area contributed by atoms with E-state index in [4.69, 9.17) is 15.6 Å². The maximum absolute atomic E-state index is 14.1. The summed E-state index contributed by atoms with van der Waals surface area (Å²) in [5.74, 6) is -0.800. The van der Waals surface area contributed by atoms with Crippen molar-refractivity contribution in [1.29, 1.82) is 0 Å². The van der Waals surface area contributed by atoms with Crippen LogP contribution in [0.25, 0.3) is 0 Å². The SMILES string of the molecule is Cc1cc(N)cc(S(=O)(=O)N2CCOC(CO)C2)c1F. The molecule has 1 heterocycles. The molecule has 1 fully saturated rings. The molecule has 0 aliphatic carbocycles. The van der Waals surface area contributed by atoms with Crippen molar-refractivity contribution in [1.82, 2.24) is 4.31 Å². The van der Waals surface area contributed by atoms with Crippen LogP contribution in [0.4, 0.5) is 10.1 Å². The van der Waals surface area contributed by atoms with Crippen LogP contribution < -0.4 is 5.73 Å². The lowest BCUT2D eigenvalue weighted by Crippen LogP contribution is -2.47. The number of hydrogen-bond donors (Lipinski definition) is 2. The van der Waals surface area contributed by atoms with Gasteiger partial charge in [-0.1, -0.05) is 0 Å². The summed E-state index contributed by atoms with van der Waals surface area (Å²) in [5, 5.41) is 9.05. The van der Waals surface area contributed by atoms with Gasteiger partial charge in [-0.15, -0.1) is 0 Å². The highest BCUT2D eigenvalue weighted by Crippen LogP contribution is 2.25. The number of aryl methyl sites for hydroxylation is 1. The molecule has 6 nitrogen and oxygen atoms in total. The van der Waals surface area contributed by atoms with Gasteiger partial charge in [0.2, 0.25) is 10.0 Å². The Morgan fingerprint density at radius 2 is 2.25 bits per heavy atom. The summed E-state index contributed by atoms with van der Waals surface area (Å²) in [7, 11) is -3.99. The molecule has 0 saturated carbocycles. The second-order valence-corrected chi connectivity index (χ2v) is 6.59. The molecular weight excluding hydrogens is 287 g/mol. The fourth-order valence-electron chi connectivity index (χ4n) is 2.11. The third-order valence-electron chi connectivity index (χ3n) is 3.17. The third kappa shape index (κ3) is 2.78. The van der Waals surface area contributed by atoms with Crippen molar-refractivity contribution in [3.8, 4) is 0 Å². The van der Waals surface area contributed by atoms with Crippen molar-refractivity contribution in [2.24, 2.45) is 0 Å². The monoisotopic (exact) mass is 304 g/mol. The smallest absolute Gasteiger partial charge is 0.246 e. The molecule has 1 saturated heterocycles. The number of ether oxygens (including phenoxy) is 1. The van der Waals surface area contributed by atoms with Crippen LogP contribution in [0.5, 0.6) is 0 Å². The second-order valence-electron chi connectivity index (χ2n) is 4.69. The van der Waals surface area contributed by atoms with Gasteiger partial charge in [-0.2, -0.15) is 4.31 Å². The van der Waals surface area contributed by atoms with Gasteiger partial charge in [-0.25, -0.2) is 12.8 Å². The Kier molecular flexibility index (Phi) is 4.28. The molecule has 112 valence electrons. The Hall–Kier alpha value is -1.22. The first kappa shape index (κ1) is 15.2. The molecule has 1 aliphatic heterocycles. The number of nitrogens with zero attached hydrogens (tertiary/aromatic N) is 1. The van der Waals surface area contributed by atoms with Crippen molar-refractivity contribution >= 4 is 15.7 Å². The first-order chi connectivity index (χ1) is 9.36. The number of benzene rings is 1. The van der Waals surface area contributed by atoms with E-state index < -0.39 is 26.8 Å². The summed E-state index contributed by atoms with van der Waals surface area (Å²) >= 11 is 0. The van der Waals surface area contributed by atoms with Crippen molar-refractivity contribution in [2.75, 3.05) is 32.0 Å². The van der Waals surface area contributed by atoms with Crippen LogP contribution in [0.2, 0.25) is 0 Å². The lowest BCUT2D eigenvalue weighted by atomic mass is 10.2. The van der Waals surface area contributed by atoms with Crippen LogP contribution >= 0.6 is 0 Å². The minimum atomic E-state index is -3.99. The lowest BCUT2D eigenvalue weighted by molar-refractivity contribution is -0.0305. The van der Waals surface area contributed by atoms with Crippen LogP contribution in [0.15, 0.2) is 17.0 Å². The normalized spacial score (nSPS) is 21.1. The van der Waals surface area contributed by atoms with E-state index in [1.807, 2.05) is 0 Å². The van der Waals surface area contributed by atoms with E-state index in [2.05, 4.69) is 0 Å². The Morgan fingerprint density at radius 3 is 2.90 bits per heavy atom. The molecule has 0 aromatic heterocycles. The van der Waals surface area contributed by atoms with E-state index in [-0.39, 0.29) is 37.6 Å². The van der Waals surface area contributed by atoms with E-state index in [1.165, 1.54) is 13.0 Å². The number of anilines is 1. The first-order valence-corrected chi connectivity index (χ1v) is 7.58. The van der Waals surface area contributed by atoms with Crippen LogP contribution in [0.3, 0.4) is 0 Å². The van der Waals surface area contributed by atoms with Crippen LogP contribution in [-0.4, -0.2) is 50.2 Å². The number of sulfonamides is 1. The maximum atomic E-state index is 14.1. The predicted octanol–water partition coefficient (Wildman–Crippen LogP) is 0.0981. The fourth-order valence-corrected chi connectivity index (χ4v) is 3.74. The average Bonchev–Trinajstić information content (AvgIpc) is 2.42. The average molecular weight is 304 g/mol. The number of aliphatic hydroxyl groups excluding tert-OH is 1. The van der Waals surface area contributed by atoms with Gasteiger partial charge >= 0.3 is 0 Å². The summed E-state index contributed by atoms with van der Waals surface area (Å²) in [6, 6.07) is 2.49. The number of hydrogen-bond acceptors (Lipinski definition) is 5. The number of rotatable bonds is 3. The van der Waals surface area contributed by atoms with E-state index in [0.717, 1.165) is 10.4 Å². The highest BCUT2D eigenvalue weighted by atomic mass is 32.2. The highest BCUT2D eigenvalue weighted by molar-refractivity contribution is 7.89. The van der Waals surface area contributed by atoms with Gasteiger partial charge < -0.3 is 15.6 Å². The fraction of sp³-hybridized carbons (Fsp3) is 0.500.